The lowest BCUT2D eigenvalue weighted by Crippen LogP contribution is -2.57. The zero-order valence-corrected chi connectivity index (χ0v) is 13.1. The largest absolute Gasteiger partial charge is 0.334 e. The van der Waals surface area contributed by atoms with Crippen LogP contribution in [0, 0.1) is 11.3 Å². The standard InChI is InChI=1S/C16H17N7/c1-20-15-14-13-11(6-22(15)8-18-20)3-10(5-17)4-12(13)7-23-9-19-21(2)16(14)23/h3-4,8-9,14-16H,6-7H2,1-2H3. The van der Waals surface area contributed by atoms with Crippen LogP contribution >= 0.6 is 0 Å². The van der Waals surface area contributed by atoms with Crippen molar-refractivity contribution in [1.29, 1.82) is 5.26 Å². The van der Waals surface area contributed by atoms with E-state index in [1.54, 1.807) is 0 Å². The molecule has 0 spiro atoms. The van der Waals surface area contributed by atoms with Crippen molar-refractivity contribution < 1.29 is 0 Å². The van der Waals surface area contributed by atoms with Crippen LogP contribution in [0.15, 0.2) is 22.3 Å². The Bertz CT molecular complexity index is 737. The maximum atomic E-state index is 9.36. The van der Waals surface area contributed by atoms with E-state index in [4.69, 9.17) is 0 Å². The van der Waals surface area contributed by atoms with Gasteiger partial charge in [0.05, 0.1) is 17.6 Å². The molecule has 0 amide bonds. The lowest BCUT2D eigenvalue weighted by Gasteiger charge is -2.49. The van der Waals surface area contributed by atoms with Crippen LogP contribution in [0.4, 0.5) is 0 Å². The molecule has 7 nitrogen and oxygen atoms in total. The maximum Gasteiger partial charge on any atom is 0.129 e. The van der Waals surface area contributed by atoms with E-state index in [1.165, 1.54) is 16.7 Å². The zero-order valence-electron chi connectivity index (χ0n) is 13.1. The van der Waals surface area contributed by atoms with Gasteiger partial charge in [-0.05, 0) is 28.8 Å². The third kappa shape index (κ3) is 1.53. The number of hydrazone groups is 2. The number of hydrogen-bond acceptors (Lipinski definition) is 7. The zero-order chi connectivity index (χ0) is 15.7. The van der Waals surface area contributed by atoms with Gasteiger partial charge in [-0.2, -0.15) is 15.5 Å². The predicted octanol–water partition coefficient (Wildman–Crippen LogP) is 0.703. The van der Waals surface area contributed by atoms with E-state index in [2.05, 4.69) is 26.1 Å². The second-order valence-corrected chi connectivity index (χ2v) is 6.63. The number of fused-ring (bicyclic) bond motifs is 4. The summed E-state index contributed by atoms with van der Waals surface area (Å²) in [6.45, 7) is 1.62. The Kier molecular flexibility index (Phi) is 2.31. The van der Waals surface area contributed by atoms with Gasteiger partial charge in [-0.3, -0.25) is 10.0 Å². The highest BCUT2D eigenvalue weighted by Gasteiger charge is 2.50. The van der Waals surface area contributed by atoms with Gasteiger partial charge in [0, 0.05) is 27.2 Å². The van der Waals surface area contributed by atoms with E-state index in [-0.39, 0.29) is 18.2 Å². The molecule has 5 rings (SSSR count). The first kappa shape index (κ1) is 12.8. The summed E-state index contributed by atoms with van der Waals surface area (Å²) < 4.78 is 0. The number of nitrogens with zero attached hydrogens (tertiary/aromatic N) is 7. The molecule has 0 saturated heterocycles. The van der Waals surface area contributed by atoms with Crippen LogP contribution in [0.5, 0.6) is 0 Å². The number of hydrogen-bond donors (Lipinski definition) is 0. The van der Waals surface area contributed by atoms with Crippen LogP contribution in [0.1, 0.15) is 28.2 Å². The molecule has 0 aromatic heterocycles. The molecule has 0 radical (unpaired) electrons. The van der Waals surface area contributed by atoms with Crippen molar-refractivity contribution in [1.82, 2.24) is 19.8 Å². The Labute approximate surface area is 134 Å². The van der Waals surface area contributed by atoms with Crippen LogP contribution in [-0.2, 0) is 13.1 Å². The van der Waals surface area contributed by atoms with Gasteiger partial charge < -0.3 is 9.80 Å². The van der Waals surface area contributed by atoms with Crippen LogP contribution in [0.3, 0.4) is 0 Å². The fraction of sp³-hybridized carbons (Fsp3) is 0.438. The second-order valence-electron chi connectivity index (χ2n) is 6.63. The Morgan fingerprint density at radius 3 is 2.00 bits per heavy atom. The van der Waals surface area contributed by atoms with E-state index in [9.17, 15) is 5.26 Å². The minimum Gasteiger partial charge on any atom is -0.334 e. The van der Waals surface area contributed by atoms with E-state index in [0.29, 0.717) is 0 Å². The third-order valence-electron chi connectivity index (χ3n) is 5.37. The quantitative estimate of drug-likeness (QED) is 0.706. The lowest BCUT2D eigenvalue weighted by atomic mass is 9.78. The molecule has 7 heteroatoms. The topological polar surface area (TPSA) is 61.5 Å². The summed E-state index contributed by atoms with van der Waals surface area (Å²) in [5, 5.41) is 22.4. The first-order valence-corrected chi connectivity index (χ1v) is 7.78. The molecule has 1 aromatic carbocycles. The van der Waals surface area contributed by atoms with Gasteiger partial charge in [0.2, 0.25) is 0 Å². The van der Waals surface area contributed by atoms with Gasteiger partial charge in [0.1, 0.15) is 25.0 Å². The Hall–Kier alpha value is -2.75. The Morgan fingerprint density at radius 2 is 1.52 bits per heavy atom. The van der Waals surface area contributed by atoms with Crippen molar-refractivity contribution in [2.45, 2.75) is 31.3 Å². The summed E-state index contributed by atoms with van der Waals surface area (Å²) in [6.07, 6.45) is 4.24. The van der Waals surface area contributed by atoms with Crippen molar-refractivity contribution >= 4 is 12.7 Å². The van der Waals surface area contributed by atoms with Crippen LogP contribution < -0.4 is 0 Å². The molecule has 1 aromatic rings. The summed E-state index contributed by atoms with van der Waals surface area (Å²) in [4.78, 5) is 4.54. The first-order chi connectivity index (χ1) is 11.2. The summed E-state index contributed by atoms with van der Waals surface area (Å²) >= 11 is 0. The van der Waals surface area contributed by atoms with Gasteiger partial charge >= 0.3 is 0 Å². The average Bonchev–Trinajstić information content (AvgIpc) is 3.10. The number of benzene rings is 1. The first-order valence-electron chi connectivity index (χ1n) is 7.78. The smallest absolute Gasteiger partial charge is 0.129 e. The van der Waals surface area contributed by atoms with Gasteiger partial charge in [0.25, 0.3) is 0 Å². The Morgan fingerprint density at radius 1 is 1.00 bits per heavy atom. The van der Waals surface area contributed by atoms with E-state index >= 15 is 0 Å². The van der Waals surface area contributed by atoms with E-state index in [1.807, 2.05) is 48.9 Å². The molecular formula is C16H17N7. The molecule has 0 N–H and O–H groups in total. The highest BCUT2D eigenvalue weighted by atomic mass is 15.6. The van der Waals surface area contributed by atoms with E-state index in [0.717, 1.165) is 18.7 Å². The normalized spacial score (nSPS) is 29.5. The average molecular weight is 307 g/mol. The van der Waals surface area contributed by atoms with Crippen molar-refractivity contribution in [3.8, 4) is 6.07 Å². The van der Waals surface area contributed by atoms with Crippen LogP contribution in [0.25, 0.3) is 0 Å². The molecule has 23 heavy (non-hydrogen) atoms. The van der Waals surface area contributed by atoms with Gasteiger partial charge in [-0.15, -0.1) is 0 Å². The van der Waals surface area contributed by atoms with Gasteiger partial charge in [-0.25, -0.2) is 0 Å². The monoisotopic (exact) mass is 307 g/mol. The number of rotatable bonds is 0. The van der Waals surface area contributed by atoms with Crippen LogP contribution in [0.2, 0.25) is 0 Å². The number of nitriles is 1. The minimum atomic E-state index is 0.200. The van der Waals surface area contributed by atoms with Crippen molar-refractivity contribution in [2.24, 2.45) is 10.2 Å². The highest BCUT2D eigenvalue weighted by molar-refractivity contribution is 5.64. The predicted molar refractivity (Wildman–Crippen MR) is 85.1 cm³/mol. The molecule has 0 bridgehead atoms. The lowest BCUT2D eigenvalue weighted by molar-refractivity contribution is 0.0204. The van der Waals surface area contributed by atoms with Crippen molar-refractivity contribution in [3.63, 3.8) is 0 Å². The molecule has 2 atom stereocenters. The molecule has 116 valence electrons. The number of likely N-dealkylation sites (N-methyl/N-ethyl adjacent to an activating group) is 2. The minimum absolute atomic E-state index is 0.200. The summed E-state index contributed by atoms with van der Waals surface area (Å²) in [5.41, 5.74) is 4.63. The SMILES string of the molecule is CN1N=CN2Cc3cc(C#N)cc4c3C(C21)C1N(C=NN1C)C4. The molecular weight excluding hydrogens is 290 g/mol. The molecule has 0 saturated carbocycles. The second kappa shape index (κ2) is 4.16. The fourth-order valence-electron chi connectivity index (χ4n) is 4.52. The fourth-order valence-corrected chi connectivity index (χ4v) is 4.52. The van der Waals surface area contributed by atoms with Crippen molar-refractivity contribution in [3.05, 3.63) is 34.4 Å². The Balaban J connectivity index is 1.74. The third-order valence-corrected chi connectivity index (χ3v) is 5.37. The van der Waals surface area contributed by atoms with Gasteiger partial charge in [0.15, 0.2) is 0 Å². The molecule has 0 fully saturated rings. The highest BCUT2D eigenvalue weighted by Crippen LogP contribution is 2.46. The maximum absolute atomic E-state index is 9.36. The van der Waals surface area contributed by atoms with Gasteiger partial charge in [-0.1, -0.05) is 0 Å². The molecule has 4 aliphatic heterocycles. The van der Waals surface area contributed by atoms with Crippen LogP contribution in [-0.4, -0.2) is 58.9 Å². The summed E-state index contributed by atoms with van der Waals surface area (Å²) in [6, 6.07) is 6.39. The molecule has 0 aliphatic carbocycles. The molecule has 4 aliphatic rings. The van der Waals surface area contributed by atoms with Crippen molar-refractivity contribution in [2.75, 3.05) is 14.1 Å². The summed E-state index contributed by atoms with van der Waals surface area (Å²) in [7, 11) is 4.06. The van der Waals surface area contributed by atoms with E-state index < -0.39 is 0 Å². The molecule has 4 heterocycles. The molecule has 2 unspecified atom stereocenters. The summed E-state index contributed by atoms with van der Waals surface area (Å²) in [5.74, 6) is 0.259.